The van der Waals surface area contributed by atoms with Gasteiger partial charge in [0.15, 0.2) is 0 Å². The van der Waals surface area contributed by atoms with Crippen molar-refractivity contribution in [3.05, 3.63) is 89.7 Å². The highest BCUT2D eigenvalue weighted by Crippen LogP contribution is 2.26. The van der Waals surface area contributed by atoms with Crippen LogP contribution in [0.15, 0.2) is 77.7 Å². The van der Waals surface area contributed by atoms with Crippen LogP contribution in [-0.4, -0.2) is 49.9 Å². The van der Waals surface area contributed by atoms with E-state index in [-0.39, 0.29) is 23.0 Å². The SMILES string of the molecule is CCOc1ccc(S(=O)(=O)N(CC(=O)N(Cc2ccc(C)cc2)[C@H](CC)C(=O)NC(C)(C)C)c2ccc(F)cc2)cc1. The predicted molar refractivity (Wildman–Crippen MR) is 162 cm³/mol. The van der Waals surface area contributed by atoms with Gasteiger partial charge < -0.3 is 15.0 Å². The third-order valence-corrected chi connectivity index (χ3v) is 8.26. The number of hydrogen-bond acceptors (Lipinski definition) is 5. The maximum Gasteiger partial charge on any atom is 0.264 e. The van der Waals surface area contributed by atoms with Gasteiger partial charge in [-0.05, 0) is 95.1 Å². The van der Waals surface area contributed by atoms with Crippen molar-refractivity contribution in [3.63, 3.8) is 0 Å². The van der Waals surface area contributed by atoms with E-state index in [0.717, 1.165) is 27.6 Å². The van der Waals surface area contributed by atoms with E-state index in [1.807, 2.05) is 58.9 Å². The van der Waals surface area contributed by atoms with Crippen LogP contribution < -0.4 is 14.4 Å². The molecule has 1 N–H and O–H groups in total. The Morgan fingerprint density at radius 1 is 0.929 bits per heavy atom. The van der Waals surface area contributed by atoms with Gasteiger partial charge >= 0.3 is 0 Å². The summed E-state index contributed by atoms with van der Waals surface area (Å²) in [5.41, 5.74) is 1.40. The maximum absolute atomic E-state index is 14.1. The quantitative estimate of drug-likeness (QED) is 0.300. The number of rotatable bonds is 12. The van der Waals surface area contributed by atoms with Crippen molar-refractivity contribution in [2.24, 2.45) is 0 Å². The molecule has 10 heteroatoms. The molecule has 8 nitrogen and oxygen atoms in total. The molecule has 0 aliphatic rings. The van der Waals surface area contributed by atoms with Crippen molar-refractivity contribution in [3.8, 4) is 5.75 Å². The highest BCUT2D eigenvalue weighted by molar-refractivity contribution is 7.92. The fourth-order valence-electron chi connectivity index (χ4n) is 4.40. The molecule has 0 bridgehead atoms. The van der Waals surface area contributed by atoms with Crippen LogP contribution >= 0.6 is 0 Å². The number of amides is 2. The van der Waals surface area contributed by atoms with Gasteiger partial charge in [0.2, 0.25) is 11.8 Å². The molecule has 0 radical (unpaired) electrons. The molecule has 42 heavy (non-hydrogen) atoms. The highest BCUT2D eigenvalue weighted by atomic mass is 32.2. The van der Waals surface area contributed by atoms with Crippen molar-refractivity contribution in [1.82, 2.24) is 10.2 Å². The Kier molecular flexibility index (Phi) is 10.7. The molecule has 3 aromatic rings. The first-order valence-electron chi connectivity index (χ1n) is 13.9. The minimum Gasteiger partial charge on any atom is -0.494 e. The molecule has 0 fully saturated rings. The van der Waals surface area contributed by atoms with E-state index >= 15 is 0 Å². The van der Waals surface area contributed by atoms with Crippen LogP contribution in [0.3, 0.4) is 0 Å². The standard InChI is InChI=1S/C32H40FN3O5S/c1-7-29(31(38)34-32(4,5)6)35(21-24-11-9-23(3)10-12-24)30(37)22-36(26-15-13-25(33)14-16-26)42(39,40)28-19-17-27(18-20-28)41-8-2/h9-20,29H,7-8,21-22H2,1-6H3,(H,34,38)/t29-/m1/s1. The Morgan fingerprint density at radius 3 is 2.05 bits per heavy atom. The Morgan fingerprint density at radius 2 is 1.52 bits per heavy atom. The van der Waals surface area contributed by atoms with Gasteiger partial charge in [-0.1, -0.05) is 36.8 Å². The van der Waals surface area contributed by atoms with Gasteiger partial charge in [-0.3, -0.25) is 13.9 Å². The minimum absolute atomic E-state index is 0.0642. The predicted octanol–water partition coefficient (Wildman–Crippen LogP) is 5.45. The van der Waals surface area contributed by atoms with Gasteiger partial charge in [0.25, 0.3) is 10.0 Å². The summed E-state index contributed by atoms with van der Waals surface area (Å²) >= 11 is 0. The van der Waals surface area contributed by atoms with Crippen LogP contribution in [0.2, 0.25) is 0 Å². The number of nitrogens with zero attached hydrogens (tertiary/aromatic N) is 2. The normalized spacial score (nSPS) is 12.4. The number of halogens is 1. The zero-order valence-electron chi connectivity index (χ0n) is 25.1. The van der Waals surface area contributed by atoms with E-state index in [0.29, 0.717) is 18.8 Å². The molecule has 0 saturated heterocycles. The molecule has 0 saturated carbocycles. The first-order chi connectivity index (χ1) is 19.7. The van der Waals surface area contributed by atoms with Gasteiger partial charge in [-0.2, -0.15) is 0 Å². The lowest BCUT2D eigenvalue weighted by molar-refractivity contribution is -0.141. The first kappa shape index (κ1) is 32.6. The number of anilines is 1. The first-order valence-corrected chi connectivity index (χ1v) is 15.4. The van der Waals surface area contributed by atoms with Gasteiger partial charge in [-0.15, -0.1) is 0 Å². The van der Waals surface area contributed by atoms with Crippen LogP contribution in [0, 0.1) is 12.7 Å². The Labute approximate surface area is 248 Å². The molecule has 0 heterocycles. The summed E-state index contributed by atoms with van der Waals surface area (Å²) in [6, 6.07) is 17.5. The third-order valence-electron chi connectivity index (χ3n) is 6.47. The van der Waals surface area contributed by atoms with E-state index in [9.17, 15) is 22.4 Å². The van der Waals surface area contributed by atoms with E-state index < -0.39 is 39.9 Å². The van der Waals surface area contributed by atoms with Gasteiger partial charge in [-0.25, -0.2) is 12.8 Å². The average molecular weight is 598 g/mol. The summed E-state index contributed by atoms with van der Waals surface area (Å²) < 4.78 is 48.1. The smallest absolute Gasteiger partial charge is 0.264 e. The van der Waals surface area contributed by atoms with Gasteiger partial charge in [0.1, 0.15) is 24.2 Å². The lowest BCUT2D eigenvalue weighted by atomic mass is 10.1. The second-order valence-electron chi connectivity index (χ2n) is 11.1. The van der Waals surface area contributed by atoms with Crippen molar-refractivity contribution >= 4 is 27.5 Å². The van der Waals surface area contributed by atoms with Gasteiger partial charge in [0.05, 0.1) is 17.2 Å². The maximum atomic E-state index is 14.1. The summed E-state index contributed by atoms with van der Waals surface area (Å²) in [5, 5.41) is 2.95. The molecule has 0 spiro atoms. The summed E-state index contributed by atoms with van der Waals surface area (Å²) in [4.78, 5) is 28.8. The number of carbonyl (C=O) groups excluding carboxylic acids is 2. The molecule has 3 aromatic carbocycles. The zero-order valence-corrected chi connectivity index (χ0v) is 25.9. The summed E-state index contributed by atoms with van der Waals surface area (Å²) in [7, 11) is -4.28. The topological polar surface area (TPSA) is 96.0 Å². The molecular formula is C32H40FN3O5S. The summed E-state index contributed by atoms with van der Waals surface area (Å²) in [6.45, 7) is 11.0. The fourth-order valence-corrected chi connectivity index (χ4v) is 5.81. The van der Waals surface area contributed by atoms with E-state index in [4.69, 9.17) is 4.74 Å². The lowest BCUT2D eigenvalue weighted by Crippen LogP contribution is -2.55. The zero-order chi connectivity index (χ0) is 31.1. The molecule has 3 rings (SSSR count). The molecule has 226 valence electrons. The number of benzene rings is 3. The summed E-state index contributed by atoms with van der Waals surface area (Å²) in [6.07, 6.45) is 0.307. The van der Waals surface area contributed by atoms with Crippen molar-refractivity contribution in [2.45, 2.75) is 71.0 Å². The van der Waals surface area contributed by atoms with E-state index in [1.165, 1.54) is 41.3 Å². The van der Waals surface area contributed by atoms with Crippen LogP contribution in [0.25, 0.3) is 0 Å². The Hall–Kier alpha value is -3.92. The number of carbonyl (C=O) groups is 2. The Bertz CT molecular complexity index is 1450. The monoisotopic (exact) mass is 597 g/mol. The molecule has 0 aliphatic heterocycles. The number of ether oxygens (including phenoxy) is 1. The molecule has 2 amide bonds. The number of sulfonamides is 1. The second kappa shape index (κ2) is 13.8. The highest BCUT2D eigenvalue weighted by Gasteiger charge is 2.34. The van der Waals surface area contributed by atoms with Crippen LogP contribution in [0.1, 0.15) is 52.2 Å². The van der Waals surface area contributed by atoms with Gasteiger partial charge in [0, 0.05) is 12.1 Å². The van der Waals surface area contributed by atoms with Crippen LogP contribution in [-0.2, 0) is 26.2 Å². The minimum atomic E-state index is -4.28. The largest absolute Gasteiger partial charge is 0.494 e. The number of nitrogens with one attached hydrogen (secondary N) is 1. The van der Waals surface area contributed by atoms with Crippen molar-refractivity contribution < 1.29 is 27.1 Å². The van der Waals surface area contributed by atoms with Crippen molar-refractivity contribution in [2.75, 3.05) is 17.5 Å². The van der Waals surface area contributed by atoms with E-state index in [1.54, 1.807) is 6.92 Å². The number of hydrogen-bond donors (Lipinski definition) is 1. The fraction of sp³-hybridized carbons (Fsp3) is 0.375. The Balaban J connectivity index is 2.05. The number of aryl methyl sites for hydroxylation is 1. The second-order valence-corrected chi connectivity index (χ2v) is 12.9. The molecular weight excluding hydrogens is 557 g/mol. The molecule has 0 aliphatic carbocycles. The third kappa shape index (κ3) is 8.55. The van der Waals surface area contributed by atoms with Crippen LogP contribution in [0.5, 0.6) is 5.75 Å². The molecule has 0 aromatic heterocycles. The van der Waals surface area contributed by atoms with Crippen molar-refractivity contribution in [1.29, 1.82) is 0 Å². The average Bonchev–Trinajstić information content (AvgIpc) is 2.92. The lowest BCUT2D eigenvalue weighted by Gasteiger charge is -2.34. The summed E-state index contributed by atoms with van der Waals surface area (Å²) in [5.74, 6) is -0.964. The molecule has 0 unspecified atom stereocenters. The van der Waals surface area contributed by atoms with E-state index in [2.05, 4.69) is 5.32 Å². The molecule has 1 atom stereocenters. The van der Waals surface area contributed by atoms with Crippen LogP contribution in [0.4, 0.5) is 10.1 Å².